The maximum Gasteiger partial charge on any atom is 0.275 e. The highest BCUT2D eigenvalue weighted by Gasteiger charge is 2.08. The molecule has 0 fully saturated rings. The normalized spacial score (nSPS) is 9.89. The van der Waals surface area contributed by atoms with E-state index in [-0.39, 0.29) is 11.6 Å². The molecular formula is C13H14N4O. The van der Waals surface area contributed by atoms with E-state index in [1.807, 2.05) is 31.2 Å². The third-order valence-electron chi connectivity index (χ3n) is 2.42. The lowest BCUT2D eigenvalue weighted by Crippen LogP contribution is -2.14. The summed E-state index contributed by atoms with van der Waals surface area (Å²) in [5.41, 5.74) is 2.12. The van der Waals surface area contributed by atoms with E-state index >= 15 is 0 Å². The number of anilines is 2. The van der Waals surface area contributed by atoms with Gasteiger partial charge >= 0.3 is 0 Å². The molecular weight excluding hydrogens is 228 g/mol. The van der Waals surface area contributed by atoms with Crippen molar-refractivity contribution >= 4 is 17.4 Å². The maximum absolute atomic E-state index is 11.9. The highest BCUT2D eigenvalue weighted by molar-refractivity contribution is 6.02. The molecule has 18 heavy (non-hydrogen) atoms. The summed E-state index contributed by atoms with van der Waals surface area (Å²) in [5, 5.41) is 5.62. The molecule has 1 amide bonds. The molecule has 5 heteroatoms. The van der Waals surface area contributed by atoms with Crippen LogP contribution in [0, 0.1) is 6.92 Å². The van der Waals surface area contributed by atoms with Gasteiger partial charge in [0.25, 0.3) is 5.91 Å². The van der Waals surface area contributed by atoms with Gasteiger partial charge in [-0.3, -0.25) is 4.79 Å². The largest absolute Gasteiger partial charge is 0.372 e. The molecule has 1 heterocycles. The number of hydrogen-bond donors (Lipinski definition) is 2. The van der Waals surface area contributed by atoms with Gasteiger partial charge in [0.2, 0.25) is 0 Å². The van der Waals surface area contributed by atoms with E-state index in [2.05, 4.69) is 20.6 Å². The van der Waals surface area contributed by atoms with Crippen molar-refractivity contribution in [3.8, 4) is 0 Å². The van der Waals surface area contributed by atoms with Crippen LogP contribution in [0.2, 0.25) is 0 Å². The first kappa shape index (κ1) is 12.0. The zero-order chi connectivity index (χ0) is 13.0. The van der Waals surface area contributed by atoms with Crippen molar-refractivity contribution in [2.75, 3.05) is 17.7 Å². The summed E-state index contributed by atoms with van der Waals surface area (Å²) in [6.45, 7) is 1.97. The standard InChI is InChI=1S/C13H14N4O/c1-9-4-3-5-10(6-9)17-13(18)11-7-16-12(14-2)8-15-11/h3-8H,1-2H3,(H,14,16)(H,17,18). The van der Waals surface area contributed by atoms with E-state index in [1.165, 1.54) is 12.4 Å². The van der Waals surface area contributed by atoms with Crippen LogP contribution >= 0.6 is 0 Å². The van der Waals surface area contributed by atoms with Crippen LogP contribution in [-0.4, -0.2) is 22.9 Å². The number of hydrogen-bond acceptors (Lipinski definition) is 4. The molecule has 2 aromatic rings. The molecule has 5 nitrogen and oxygen atoms in total. The van der Waals surface area contributed by atoms with E-state index < -0.39 is 0 Å². The van der Waals surface area contributed by atoms with E-state index in [9.17, 15) is 4.79 Å². The summed E-state index contributed by atoms with van der Waals surface area (Å²) in [4.78, 5) is 20.0. The molecule has 0 saturated heterocycles. The highest BCUT2D eigenvalue weighted by Crippen LogP contribution is 2.10. The minimum atomic E-state index is -0.268. The third-order valence-corrected chi connectivity index (χ3v) is 2.42. The Kier molecular flexibility index (Phi) is 3.52. The minimum Gasteiger partial charge on any atom is -0.372 e. The smallest absolute Gasteiger partial charge is 0.275 e. The quantitative estimate of drug-likeness (QED) is 0.864. The zero-order valence-corrected chi connectivity index (χ0v) is 10.3. The van der Waals surface area contributed by atoms with Crippen LogP contribution in [0.15, 0.2) is 36.7 Å². The molecule has 2 rings (SSSR count). The number of nitrogens with zero attached hydrogens (tertiary/aromatic N) is 2. The minimum absolute atomic E-state index is 0.268. The molecule has 1 aromatic carbocycles. The van der Waals surface area contributed by atoms with E-state index in [0.717, 1.165) is 11.3 Å². The Bertz CT molecular complexity index is 551. The van der Waals surface area contributed by atoms with Crippen molar-refractivity contribution in [3.05, 3.63) is 47.9 Å². The summed E-state index contributed by atoms with van der Waals surface area (Å²) in [6.07, 6.45) is 2.96. The predicted octanol–water partition coefficient (Wildman–Crippen LogP) is 2.08. The fraction of sp³-hybridized carbons (Fsp3) is 0.154. The van der Waals surface area contributed by atoms with Gasteiger partial charge in [-0.15, -0.1) is 0 Å². The fourth-order valence-corrected chi connectivity index (χ4v) is 1.49. The molecule has 0 atom stereocenters. The van der Waals surface area contributed by atoms with Crippen molar-refractivity contribution in [1.82, 2.24) is 9.97 Å². The van der Waals surface area contributed by atoms with Crippen molar-refractivity contribution in [3.63, 3.8) is 0 Å². The first-order valence-corrected chi connectivity index (χ1v) is 5.57. The third kappa shape index (κ3) is 2.82. The summed E-state index contributed by atoms with van der Waals surface area (Å²) >= 11 is 0. The molecule has 0 aliphatic rings. The van der Waals surface area contributed by atoms with Crippen molar-refractivity contribution < 1.29 is 4.79 Å². The number of rotatable bonds is 3. The second-order valence-electron chi connectivity index (χ2n) is 3.86. The van der Waals surface area contributed by atoms with Gasteiger partial charge in [-0.25, -0.2) is 9.97 Å². The average Bonchev–Trinajstić information content (AvgIpc) is 2.39. The molecule has 0 spiro atoms. The zero-order valence-electron chi connectivity index (χ0n) is 10.3. The Morgan fingerprint density at radius 2 is 2.06 bits per heavy atom. The van der Waals surface area contributed by atoms with Crippen molar-refractivity contribution in [2.24, 2.45) is 0 Å². The summed E-state index contributed by atoms with van der Waals surface area (Å²) in [5.74, 6) is 0.359. The summed E-state index contributed by atoms with van der Waals surface area (Å²) in [7, 11) is 1.75. The molecule has 0 radical (unpaired) electrons. The topological polar surface area (TPSA) is 66.9 Å². The van der Waals surface area contributed by atoms with Crippen molar-refractivity contribution in [2.45, 2.75) is 6.92 Å². The Morgan fingerprint density at radius 3 is 2.67 bits per heavy atom. The van der Waals surface area contributed by atoms with Crippen LogP contribution in [0.25, 0.3) is 0 Å². The van der Waals surface area contributed by atoms with Crippen LogP contribution in [0.5, 0.6) is 0 Å². The van der Waals surface area contributed by atoms with Crippen molar-refractivity contribution in [1.29, 1.82) is 0 Å². The van der Waals surface area contributed by atoms with E-state index in [4.69, 9.17) is 0 Å². The number of carbonyl (C=O) groups is 1. The lowest BCUT2D eigenvalue weighted by Gasteiger charge is -2.05. The van der Waals surface area contributed by atoms with Crippen LogP contribution < -0.4 is 10.6 Å². The van der Waals surface area contributed by atoms with Gasteiger partial charge < -0.3 is 10.6 Å². The molecule has 2 N–H and O–H groups in total. The lowest BCUT2D eigenvalue weighted by molar-refractivity contribution is 0.102. The Morgan fingerprint density at radius 1 is 1.22 bits per heavy atom. The Balaban J connectivity index is 2.11. The summed E-state index contributed by atoms with van der Waals surface area (Å²) in [6, 6.07) is 7.59. The van der Waals surface area contributed by atoms with Gasteiger partial charge in [-0.2, -0.15) is 0 Å². The number of aryl methyl sites for hydroxylation is 1. The first-order valence-electron chi connectivity index (χ1n) is 5.57. The molecule has 0 aliphatic carbocycles. The van der Waals surface area contributed by atoms with Gasteiger partial charge in [-0.05, 0) is 24.6 Å². The molecule has 1 aromatic heterocycles. The second-order valence-corrected chi connectivity index (χ2v) is 3.86. The maximum atomic E-state index is 11.9. The fourth-order valence-electron chi connectivity index (χ4n) is 1.49. The number of aromatic nitrogens is 2. The predicted molar refractivity (Wildman–Crippen MR) is 70.7 cm³/mol. The SMILES string of the molecule is CNc1cnc(C(=O)Nc2cccc(C)c2)cn1. The number of benzene rings is 1. The number of amides is 1. The van der Waals surface area contributed by atoms with Gasteiger partial charge in [0.1, 0.15) is 11.5 Å². The Hall–Kier alpha value is -2.43. The average molecular weight is 242 g/mol. The van der Waals surface area contributed by atoms with Crippen LogP contribution in [0.4, 0.5) is 11.5 Å². The van der Waals surface area contributed by atoms with Crippen LogP contribution in [-0.2, 0) is 0 Å². The molecule has 0 saturated carbocycles. The van der Waals surface area contributed by atoms with Gasteiger partial charge in [0, 0.05) is 12.7 Å². The monoisotopic (exact) mass is 242 g/mol. The highest BCUT2D eigenvalue weighted by atomic mass is 16.1. The molecule has 0 bridgehead atoms. The lowest BCUT2D eigenvalue weighted by atomic mass is 10.2. The van der Waals surface area contributed by atoms with Gasteiger partial charge in [0.05, 0.1) is 12.4 Å². The summed E-state index contributed by atoms with van der Waals surface area (Å²) < 4.78 is 0. The molecule has 0 aliphatic heterocycles. The second kappa shape index (κ2) is 5.27. The van der Waals surface area contributed by atoms with E-state index in [0.29, 0.717) is 5.82 Å². The van der Waals surface area contributed by atoms with E-state index in [1.54, 1.807) is 7.05 Å². The number of nitrogens with one attached hydrogen (secondary N) is 2. The molecule has 0 unspecified atom stereocenters. The molecule has 92 valence electrons. The van der Waals surface area contributed by atoms with Gasteiger partial charge in [0.15, 0.2) is 0 Å². The van der Waals surface area contributed by atoms with Crippen LogP contribution in [0.3, 0.4) is 0 Å². The Labute approximate surface area is 105 Å². The first-order chi connectivity index (χ1) is 8.69. The van der Waals surface area contributed by atoms with Crippen LogP contribution in [0.1, 0.15) is 16.1 Å². The number of carbonyl (C=O) groups excluding carboxylic acids is 1. The van der Waals surface area contributed by atoms with Gasteiger partial charge in [-0.1, -0.05) is 12.1 Å².